The molecule has 0 radical (unpaired) electrons. The van der Waals surface area contributed by atoms with Gasteiger partial charge in [-0.1, -0.05) is 41.4 Å². The summed E-state index contributed by atoms with van der Waals surface area (Å²) in [4.78, 5) is 16.2. The first-order valence-corrected chi connectivity index (χ1v) is 8.64. The molecule has 0 aliphatic carbocycles. The van der Waals surface area contributed by atoms with E-state index in [1.54, 1.807) is 19.2 Å². The maximum atomic E-state index is 12.0. The van der Waals surface area contributed by atoms with E-state index in [2.05, 4.69) is 15.6 Å². The molecular formula is C18H21Cl2IN4O2. The molecule has 146 valence electrons. The summed E-state index contributed by atoms with van der Waals surface area (Å²) in [7, 11) is 1.63. The van der Waals surface area contributed by atoms with Crippen LogP contribution in [0.3, 0.4) is 0 Å². The largest absolute Gasteiger partial charge is 0.380 e. The molecule has 6 nitrogen and oxygen atoms in total. The van der Waals surface area contributed by atoms with Crippen molar-refractivity contribution in [1.82, 2.24) is 5.32 Å². The second-order valence-corrected chi connectivity index (χ2v) is 6.18. The van der Waals surface area contributed by atoms with Crippen LogP contribution in [0.15, 0.2) is 47.5 Å². The van der Waals surface area contributed by atoms with Gasteiger partial charge in [0.25, 0.3) is 5.91 Å². The van der Waals surface area contributed by atoms with Gasteiger partial charge in [-0.15, -0.1) is 24.0 Å². The molecule has 2 rings (SSSR count). The first-order valence-electron chi connectivity index (χ1n) is 7.88. The Labute approximate surface area is 185 Å². The van der Waals surface area contributed by atoms with E-state index in [0.29, 0.717) is 35.3 Å². The van der Waals surface area contributed by atoms with Gasteiger partial charge in [0.1, 0.15) is 0 Å². The fourth-order valence-corrected chi connectivity index (χ4v) is 2.48. The molecule has 0 saturated carbocycles. The molecule has 0 fully saturated rings. The highest BCUT2D eigenvalue weighted by Gasteiger charge is 2.07. The van der Waals surface area contributed by atoms with Crippen molar-refractivity contribution in [1.29, 1.82) is 0 Å². The Bertz CT molecular complexity index is 803. The fraction of sp³-hybridized carbons (Fsp3) is 0.222. The number of methoxy groups -OCH3 is 1. The molecule has 0 aliphatic rings. The Balaban J connectivity index is 0.00000364. The quantitative estimate of drug-likeness (QED) is 0.222. The van der Waals surface area contributed by atoms with Crippen LogP contribution in [-0.4, -0.2) is 32.1 Å². The number of para-hydroxylation sites is 1. The van der Waals surface area contributed by atoms with Gasteiger partial charge in [0.2, 0.25) is 0 Å². The number of hydrogen-bond acceptors (Lipinski definition) is 3. The van der Waals surface area contributed by atoms with Crippen LogP contribution < -0.4 is 16.4 Å². The van der Waals surface area contributed by atoms with Gasteiger partial charge >= 0.3 is 0 Å². The zero-order valence-corrected chi connectivity index (χ0v) is 18.5. The molecule has 0 aliphatic heterocycles. The smallest absolute Gasteiger partial charge is 0.251 e. The number of anilines is 1. The highest BCUT2D eigenvalue weighted by Crippen LogP contribution is 2.22. The highest BCUT2D eigenvalue weighted by molar-refractivity contribution is 14.0. The minimum atomic E-state index is -0.254. The average molecular weight is 523 g/mol. The number of nitrogens with one attached hydrogen (secondary N) is 2. The van der Waals surface area contributed by atoms with Crippen LogP contribution in [0.2, 0.25) is 10.0 Å². The first-order chi connectivity index (χ1) is 12.5. The molecular weight excluding hydrogens is 502 g/mol. The van der Waals surface area contributed by atoms with E-state index in [1.165, 1.54) is 6.07 Å². The zero-order chi connectivity index (χ0) is 18.9. The Hall–Kier alpha value is -1.55. The van der Waals surface area contributed by atoms with E-state index in [1.807, 2.05) is 24.3 Å². The molecule has 0 saturated heterocycles. The molecule has 1 amide bonds. The third-order valence-electron chi connectivity index (χ3n) is 3.44. The van der Waals surface area contributed by atoms with Crippen molar-refractivity contribution < 1.29 is 9.53 Å². The molecule has 2 aromatic carbocycles. The number of halogens is 3. The van der Waals surface area contributed by atoms with Crippen molar-refractivity contribution in [2.24, 2.45) is 10.7 Å². The van der Waals surface area contributed by atoms with Gasteiger partial charge in [0.15, 0.2) is 5.96 Å². The van der Waals surface area contributed by atoms with Crippen LogP contribution in [-0.2, 0) is 11.3 Å². The van der Waals surface area contributed by atoms with Gasteiger partial charge in [-0.25, -0.2) is 0 Å². The Kier molecular flexibility index (Phi) is 10.5. The molecule has 2 aromatic rings. The summed E-state index contributed by atoms with van der Waals surface area (Å²) in [5.74, 6) is 0.00748. The van der Waals surface area contributed by atoms with E-state index in [4.69, 9.17) is 33.7 Å². The number of benzene rings is 2. The van der Waals surface area contributed by atoms with Crippen molar-refractivity contribution in [3.63, 3.8) is 0 Å². The molecule has 27 heavy (non-hydrogen) atoms. The van der Waals surface area contributed by atoms with E-state index >= 15 is 0 Å². The molecule has 9 heteroatoms. The lowest BCUT2D eigenvalue weighted by molar-refractivity contribution is 0.0955. The monoisotopic (exact) mass is 522 g/mol. The van der Waals surface area contributed by atoms with Crippen LogP contribution in [0.1, 0.15) is 15.9 Å². The summed E-state index contributed by atoms with van der Waals surface area (Å²) in [5, 5.41) is 6.51. The second kappa shape index (κ2) is 12.0. The maximum absolute atomic E-state index is 12.0. The van der Waals surface area contributed by atoms with Crippen LogP contribution in [0.4, 0.5) is 5.69 Å². The number of rotatable bonds is 7. The van der Waals surface area contributed by atoms with Crippen molar-refractivity contribution in [3.8, 4) is 0 Å². The topological polar surface area (TPSA) is 88.7 Å². The van der Waals surface area contributed by atoms with Gasteiger partial charge in [-0.2, -0.15) is 0 Å². The summed E-state index contributed by atoms with van der Waals surface area (Å²) in [5.41, 5.74) is 8.12. The maximum Gasteiger partial charge on any atom is 0.251 e. The molecule has 0 spiro atoms. The van der Waals surface area contributed by atoms with E-state index in [9.17, 15) is 4.79 Å². The summed E-state index contributed by atoms with van der Waals surface area (Å²) in [6.45, 7) is 1.13. The highest BCUT2D eigenvalue weighted by atomic mass is 127. The standard InChI is InChI=1S/C18H20Cl2N4O2.HI/c1-26-11-13-4-2-3-5-16(13)24-18(21)23-9-8-22-17(25)12-6-7-14(19)15(20)10-12;/h2-7,10H,8-9,11H2,1H3,(H,22,25)(H3,21,23,24);1H. The lowest BCUT2D eigenvalue weighted by Gasteiger charge is -2.11. The van der Waals surface area contributed by atoms with Crippen LogP contribution in [0.25, 0.3) is 0 Å². The third-order valence-corrected chi connectivity index (χ3v) is 4.18. The number of nitrogens with zero attached hydrogens (tertiary/aromatic N) is 1. The van der Waals surface area contributed by atoms with Gasteiger partial charge in [0.05, 0.1) is 23.2 Å². The molecule has 0 heterocycles. The summed E-state index contributed by atoms with van der Waals surface area (Å²) in [6, 6.07) is 12.4. The number of carbonyl (C=O) groups is 1. The predicted molar refractivity (Wildman–Crippen MR) is 121 cm³/mol. The summed E-state index contributed by atoms with van der Waals surface area (Å²) in [6.07, 6.45) is 0. The van der Waals surface area contributed by atoms with Gasteiger partial charge in [0, 0.05) is 30.5 Å². The van der Waals surface area contributed by atoms with Crippen molar-refractivity contribution in [3.05, 3.63) is 63.6 Å². The first kappa shape index (κ1) is 23.5. The number of aliphatic imine (C=N–C) groups is 1. The molecule has 0 unspecified atom stereocenters. The molecule has 0 aromatic heterocycles. The minimum absolute atomic E-state index is 0. The predicted octanol–water partition coefficient (Wildman–Crippen LogP) is 3.91. The number of nitrogens with two attached hydrogens (primary N) is 1. The Morgan fingerprint density at radius 1 is 1.19 bits per heavy atom. The van der Waals surface area contributed by atoms with Gasteiger partial charge in [-0.3, -0.25) is 9.79 Å². The number of ether oxygens (including phenoxy) is 1. The lowest BCUT2D eigenvalue weighted by atomic mass is 10.2. The number of amides is 1. The SMILES string of the molecule is COCc1ccccc1NC(N)=NCCNC(=O)c1ccc(Cl)c(Cl)c1.I. The molecule has 0 atom stereocenters. The van der Waals surface area contributed by atoms with Gasteiger partial charge < -0.3 is 21.1 Å². The van der Waals surface area contributed by atoms with Crippen molar-refractivity contribution >= 4 is 64.7 Å². The Morgan fingerprint density at radius 3 is 2.63 bits per heavy atom. The fourth-order valence-electron chi connectivity index (χ4n) is 2.19. The molecule has 4 N–H and O–H groups in total. The van der Waals surface area contributed by atoms with Crippen molar-refractivity contribution in [2.75, 3.05) is 25.5 Å². The van der Waals surface area contributed by atoms with E-state index in [0.717, 1.165) is 11.3 Å². The summed E-state index contributed by atoms with van der Waals surface area (Å²) >= 11 is 11.7. The zero-order valence-electron chi connectivity index (χ0n) is 14.7. The molecule has 0 bridgehead atoms. The average Bonchev–Trinajstić information content (AvgIpc) is 2.62. The number of guanidine groups is 1. The van der Waals surface area contributed by atoms with Crippen LogP contribution in [0, 0.1) is 0 Å². The minimum Gasteiger partial charge on any atom is -0.380 e. The van der Waals surface area contributed by atoms with E-state index in [-0.39, 0.29) is 35.8 Å². The third kappa shape index (κ3) is 7.53. The van der Waals surface area contributed by atoms with E-state index < -0.39 is 0 Å². The normalized spacial score (nSPS) is 10.9. The Morgan fingerprint density at radius 2 is 1.93 bits per heavy atom. The second-order valence-electron chi connectivity index (χ2n) is 5.37. The van der Waals surface area contributed by atoms with Crippen LogP contribution >= 0.6 is 47.2 Å². The lowest BCUT2D eigenvalue weighted by Crippen LogP contribution is -2.28. The summed E-state index contributed by atoms with van der Waals surface area (Å²) < 4.78 is 5.15. The van der Waals surface area contributed by atoms with Crippen molar-refractivity contribution in [2.45, 2.75) is 6.61 Å². The number of carbonyl (C=O) groups excluding carboxylic acids is 1. The van der Waals surface area contributed by atoms with Gasteiger partial charge in [-0.05, 0) is 24.3 Å². The van der Waals surface area contributed by atoms with Crippen LogP contribution in [0.5, 0.6) is 0 Å². The number of hydrogen-bond donors (Lipinski definition) is 3.